The summed E-state index contributed by atoms with van der Waals surface area (Å²) < 4.78 is 13.9. The van der Waals surface area contributed by atoms with Crippen LogP contribution in [0.25, 0.3) is 0 Å². The van der Waals surface area contributed by atoms with Gasteiger partial charge in [-0.3, -0.25) is 4.79 Å². The molecule has 1 aliphatic rings. The van der Waals surface area contributed by atoms with E-state index in [1.807, 2.05) is 35.2 Å². The summed E-state index contributed by atoms with van der Waals surface area (Å²) in [6.07, 6.45) is 1.29. The van der Waals surface area contributed by atoms with Crippen LogP contribution in [-0.4, -0.2) is 51.8 Å². The Labute approximate surface area is 133 Å². The van der Waals surface area contributed by atoms with E-state index in [9.17, 15) is 4.79 Å². The van der Waals surface area contributed by atoms with Gasteiger partial charge in [-0.15, -0.1) is 0 Å². The van der Waals surface area contributed by atoms with E-state index in [1.165, 1.54) is 11.7 Å². The minimum Gasteiger partial charge on any atom is -0.481 e. The molecule has 2 aromatic rings. The van der Waals surface area contributed by atoms with Crippen LogP contribution in [0.4, 0.5) is 5.82 Å². The van der Waals surface area contributed by atoms with E-state index in [1.54, 1.807) is 13.1 Å². The first-order valence-electron chi connectivity index (χ1n) is 7.27. The largest absolute Gasteiger partial charge is 0.481 e. The van der Waals surface area contributed by atoms with Gasteiger partial charge in [0.2, 0.25) is 0 Å². The molecule has 1 fully saturated rings. The molecule has 0 spiro atoms. The highest BCUT2D eigenvalue weighted by Gasteiger charge is 2.26. The lowest BCUT2D eigenvalue weighted by atomic mass is 10.2. The van der Waals surface area contributed by atoms with Gasteiger partial charge in [-0.05, 0) is 19.1 Å². The van der Waals surface area contributed by atoms with Crippen molar-refractivity contribution < 1.29 is 9.53 Å². The molecule has 22 heavy (non-hydrogen) atoms. The number of nitrogens with zero attached hydrogens (tertiary/aromatic N) is 4. The van der Waals surface area contributed by atoms with Crippen molar-refractivity contribution in [2.24, 2.45) is 0 Å². The van der Waals surface area contributed by atoms with Gasteiger partial charge < -0.3 is 14.5 Å². The summed E-state index contributed by atoms with van der Waals surface area (Å²) in [5.41, 5.74) is 0. The van der Waals surface area contributed by atoms with Crippen LogP contribution in [0.5, 0.6) is 5.75 Å². The predicted octanol–water partition coefficient (Wildman–Crippen LogP) is 1.65. The van der Waals surface area contributed by atoms with Gasteiger partial charge in [-0.1, -0.05) is 18.2 Å². The van der Waals surface area contributed by atoms with Crippen molar-refractivity contribution in [3.63, 3.8) is 0 Å². The average Bonchev–Trinajstić information content (AvgIpc) is 3.10. The van der Waals surface area contributed by atoms with Gasteiger partial charge in [0.15, 0.2) is 11.9 Å². The Bertz CT molecular complexity index is 597. The van der Waals surface area contributed by atoms with Gasteiger partial charge in [0.05, 0.1) is 17.9 Å². The topological polar surface area (TPSA) is 58.6 Å². The van der Waals surface area contributed by atoms with Crippen LogP contribution in [0.15, 0.2) is 36.5 Å². The number of benzene rings is 1. The Kier molecular flexibility index (Phi) is 4.53. The number of amides is 1. The zero-order chi connectivity index (χ0) is 15.4. The van der Waals surface area contributed by atoms with E-state index in [4.69, 9.17) is 4.74 Å². The molecular weight excluding hydrogens is 300 g/mol. The highest BCUT2D eigenvalue weighted by molar-refractivity contribution is 6.99. The van der Waals surface area contributed by atoms with Crippen LogP contribution < -0.4 is 9.64 Å². The number of aromatic nitrogens is 2. The Balaban J connectivity index is 1.53. The summed E-state index contributed by atoms with van der Waals surface area (Å²) in [4.78, 5) is 16.5. The summed E-state index contributed by atoms with van der Waals surface area (Å²) in [6, 6.07) is 9.43. The average molecular weight is 318 g/mol. The number of carbonyl (C=O) groups is 1. The van der Waals surface area contributed by atoms with Crippen molar-refractivity contribution in [1.82, 2.24) is 13.6 Å². The summed E-state index contributed by atoms with van der Waals surface area (Å²) in [5, 5.41) is 0. The van der Waals surface area contributed by atoms with Gasteiger partial charge >= 0.3 is 0 Å². The molecule has 1 aliphatic heterocycles. The number of hydrogen-bond donors (Lipinski definition) is 0. The van der Waals surface area contributed by atoms with Crippen LogP contribution in [0, 0.1) is 0 Å². The maximum atomic E-state index is 12.5. The van der Waals surface area contributed by atoms with E-state index in [0.29, 0.717) is 13.1 Å². The number of hydrogen-bond acceptors (Lipinski definition) is 6. The third kappa shape index (κ3) is 3.36. The second kappa shape index (κ2) is 6.74. The molecule has 6 nitrogen and oxygen atoms in total. The molecule has 0 N–H and O–H groups in total. The van der Waals surface area contributed by atoms with Crippen molar-refractivity contribution in [1.29, 1.82) is 0 Å². The fourth-order valence-electron chi connectivity index (χ4n) is 2.47. The molecule has 2 heterocycles. The lowest BCUT2D eigenvalue weighted by Gasteiger charge is -2.35. The maximum absolute atomic E-state index is 12.5. The molecule has 7 heteroatoms. The Morgan fingerprint density at radius 1 is 1.23 bits per heavy atom. The fourth-order valence-corrected chi connectivity index (χ4v) is 2.90. The van der Waals surface area contributed by atoms with Gasteiger partial charge in [0, 0.05) is 26.2 Å². The van der Waals surface area contributed by atoms with Gasteiger partial charge in [-0.25, -0.2) is 0 Å². The molecule has 0 unspecified atom stereocenters. The zero-order valence-corrected chi connectivity index (χ0v) is 13.2. The van der Waals surface area contributed by atoms with Crippen LogP contribution in [0.1, 0.15) is 6.92 Å². The third-order valence-electron chi connectivity index (χ3n) is 3.67. The molecule has 1 atom stereocenters. The number of para-hydroxylation sites is 1. The van der Waals surface area contributed by atoms with E-state index >= 15 is 0 Å². The van der Waals surface area contributed by atoms with E-state index in [2.05, 4.69) is 13.6 Å². The summed E-state index contributed by atoms with van der Waals surface area (Å²) in [7, 11) is 0. The van der Waals surface area contributed by atoms with Gasteiger partial charge in [0.1, 0.15) is 5.75 Å². The lowest BCUT2D eigenvalue weighted by molar-refractivity contribution is -0.138. The molecule has 116 valence electrons. The first-order valence-corrected chi connectivity index (χ1v) is 8.00. The van der Waals surface area contributed by atoms with Crippen molar-refractivity contribution in [2.75, 3.05) is 31.1 Å². The maximum Gasteiger partial charge on any atom is 0.263 e. The van der Waals surface area contributed by atoms with Gasteiger partial charge in [0.25, 0.3) is 5.91 Å². The number of piperazine rings is 1. The summed E-state index contributed by atoms with van der Waals surface area (Å²) in [6.45, 7) is 4.70. The molecule has 1 amide bonds. The highest BCUT2D eigenvalue weighted by atomic mass is 32.1. The first-order chi connectivity index (χ1) is 10.7. The quantitative estimate of drug-likeness (QED) is 0.858. The molecule has 0 aliphatic carbocycles. The van der Waals surface area contributed by atoms with E-state index in [0.717, 1.165) is 24.7 Å². The zero-order valence-electron chi connectivity index (χ0n) is 12.4. The molecule has 0 saturated carbocycles. The van der Waals surface area contributed by atoms with E-state index in [-0.39, 0.29) is 5.91 Å². The molecule has 0 radical (unpaired) electrons. The lowest BCUT2D eigenvalue weighted by Crippen LogP contribution is -2.52. The minimum absolute atomic E-state index is 0.0277. The number of ether oxygens (including phenoxy) is 1. The normalized spacial score (nSPS) is 16.4. The monoisotopic (exact) mass is 318 g/mol. The number of anilines is 1. The van der Waals surface area contributed by atoms with Crippen molar-refractivity contribution in [2.45, 2.75) is 13.0 Å². The van der Waals surface area contributed by atoms with Crippen molar-refractivity contribution in [3.8, 4) is 5.75 Å². The summed E-state index contributed by atoms with van der Waals surface area (Å²) in [5.74, 6) is 1.64. The molecule has 3 rings (SSSR count). The van der Waals surface area contributed by atoms with Crippen LogP contribution >= 0.6 is 11.7 Å². The van der Waals surface area contributed by atoms with Crippen LogP contribution in [0.2, 0.25) is 0 Å². The Morgan fingerprint density at radius 3 is 2.59 bits per heavy atom. The molecule has 1 saturated heterocycles. The highest BCUT2D eigenvalue weighted by Crippen LogP contribution is 2.16. The van der Waals surface area contributed by atoms with Gasteiger partial charge in [-0.2, -0.15) is 8.75 Å². The Morgan fingerprint density at radius 2 is 1.95 bits per heavy atom. The van der Waals surface area contributed by atoms with E-state index < -0.39 is 6.10 Å². The standard InChI is InChI=1S/C15H18N4O2S/c1-12(21-13-5-3-2-4-6-13)15(20)19-9-7-18(8-10-19)14-11-16-22-17-14/h2-6,11-12H,7-10H2,1H3/t12-/m0/s1. The molecule has 0 bridgehead atoms. The Hall–Kier alpha value is -2.15. The number of rotatable bonds is 4. The summed E-state index contributed by atoms with van der Waals surface area (Å²) >= 11 is 1.20. The molecule has 1 aromatic carbocycles. The predicted molar refractivity (Wildman–Crippen MR) is 85.2 cm³/mol. The molecule has 1 aromatic heterocycles. The first kappa shape index (κ1) is 14.8. The van der Waals surface area contributed by atoms with Crippen LogP contribution in [-0.2, 0) is 4.79 Å². The molecular formula is C15H18N4O2S. The SMILES string of the molecule is C[C@H](Oc1ccccc1)C(=O)N1CCN(c2cnsn2)CC1. The smallest absolute Gasteiger partial charge is 0.263 e. The minimum atomic E-state index is -0.477. The second-order valence-corrected chi connectivity index (χ2v) is 5.71. The fraction of sp³-hybridized carbons (Fsp3) is 0.400. The van der Waals surface area contributed by atoms with Crippen molar-refractivity contribution in [3.05, 3.63) is 36.5 Å². The van der Waals surface area contributed by atoms with Crippen molar-refractivity contribution >= 4 is 23.5 Å². The third-order valence-corrected chi connectivity index (χ3v) is 4.14. The number of carbonyl (C=O) groups excluding carboxylic acids is 1. The second-order valence-electron chi connectivity index (χ2n) is 5.15. The van der Waals surface area contributed by atoms with Crippen LogP contribution in [0.3, 0.4) is 0 Å².